The summed E-state index contributed by atoms with van der Waals surface area (Å²) in [6, 6.07) is 0. The van der Waals surface area contributed by atoms with E-state index in [1.54, 1.807) is 0 Å². The predicted octanol–water partition coefficient (Wildman–Crippen LogP) is 7.62. The van der Waals surface area contributed by atoms with E-state index in [0.29, 0.717) is 13.2 Å². The number of nitrogens with zero attached hydrogens (tertiary/aromatic N) is 1. The maximum atomic E-state index is 12.1. The Morgan fingerprint density at radius 2 is 1.10 bits per heavy atom. The molecule has 0 radical (unpaired) electrons. The third-order valence-corrected chi connectivity index (χ3v) is 7.80. The fourth-order valence-electron chi connectivity index (χ4n) is 4.57. The number of likely N-dealkylation sites (tertiary alicyclic amines) is 1. The van der Waals surface area contributed by atoms with Crippen LogP contribution in [0.25, 0.3) is 0 Å². The van der Waals surface area contributed by atoms with Crippen molar-refractivity contribution in [3.63, 3.8) is 0 Å². The van der Waals surface area contributed by atoms with E-state index in [9.17, 15) is 9.46 Å². The van der Waals surface area contributed by atoms with E-state index in [4.69, 9.17) is 9.05 Å². The lowest BCUT2D eigenvalue weighted by atomic mass is 10.0. The Morgan fingerprint density at radius 3 is 1.58 bits per heavy atom. The minimum atomic E-state index is -3.90. The van der Waals surface area contributed by atoms with Gasteiger partial charge in [-0.2, -0.15) is 0 Å². The van der Waals surface area contributed by atoms with E-state index in [1.807, 2.05) is 0 Å². The first-order valence-electron chi connectivity index (χ1n) is 13.4. The summed E-state index contributed by atoms with van der Waals surface area (Å²) in [6.45, 7) is 5.94. The second-order valence-corrected chi connectivity index (χ2v) is 11.4. The fourth-order valence-corrected chi connectivity index (χ4v) is 5.31. The van der Waals surface area contributed by atoms with Crippen molar-refractivity contribution < 1.29 is 23.0 Å². The van der Waals surface area contributed by atoms with Gasteiger partial charge < -0.3 is 9.38 Å². The summed E-state index contributed by atoms with van der Waals surface area (Å²) in [4.78, 5) is 9.89. The molecule has 0 bridgehead atoms. The van der Waals surface area contributed by atoms with Gasteiger partial charge in [-0.3, -0.25) is 9.05 Å². The average molecular weight is 463 g/mol. The standard InChI is InChI=1S/C25H52NO4P/c1-3-4-5-6-7-8-9-10-11-12-13-14-17-20-24-29-31(27,28)30-25-23-26(2)21-18-15-16-19-22-26/h3-25H2,1-2H3/p+1. The molecule has 0 spiro atoms. The van der Waals surface area contributed by atoms with Crippen molar-refractivity contribution in [1.29, 1.82) is 0 Å². The lowest BCUT2D eigenvalue weighted by Gasteiger charge is -2.33. The van der Waals surface area contributed by atoms with Gasteiger partial charge in [0.1, 0.15) is 13.2 Å². The summed E-state index contributed by atoms with van der Waals surface area (Å²) in [7, 11) is -1.67. The van der Waals surface area contributed by atoms with Crippen LogP contribution in [0.5, 0.6) is 0 Å². The van der Waals surface area contributed by atoms with E-state index in [2.05, 4.69) is 14.0 Å². The topological polar surface area (TPSA) is 55.8 Å². The molecule has 1 fully saturated rings. The molecule has 1 saturated heterocycles. The Kier molecular flexibility index (Phi) is 17.4. The molecule has 6 heteroatoms. The Labute approximate surface area is 193 Å². The highest BCUT2D eigenvalue weighted by Gasteiger charge is 2.26. The SMILES string of the molecule is CCCCCCCCCCCCCCCCOP(=O)(O)OCC[N+]1(C)CCCCCC1. The molecule has 0 aromatic carbocycles. The summed E-state index contributed by atoms with van der Waals surface area (Å²) >= 11 is 0. The van der Waals surface area contributed by atoms with Gasteiger partial charge in [-0.05, 0) is 32.1 Å². The number of hydrogen-bond donors (Lipinski definition) is 1. The molecule has 5 nitrogen and oxygen atoms in total. The Balaban J connectivity index is 1.89. The van der Waals surface area contributed by atoms with Crippen LogP contribution in [0.2, 0.25) is 0 Å². The van der Waals surface area contributed by atoms with Gasteiger partial charge in [-0.25, -0.2) is 4.57 Å². The molecule has 1 heterocycles. The van der Waals surface area contributed by atoms with Crippen LogP contribution in [0.4, 0.5) is 0 Å². The molecule has 1 unspecified atom stereocenters. The molecule has 1 N–H and O–H groups in total. The first-order valence-corrected chi connectivity index (χ1v) is 14.9. The third kappa shape index (κ3) is 17.2. The van der Waals surface area contributed by atoms with Crippen molar-refractivity contribution in [1.82, 2.24) is 0 Å². The van der Waals surface area contributed by atoms with Crippen LogP contribution in [-0.4, -0.2) is 49.3 Å². The third-order valence-electron chi connectivity index (χ3n) is 6.78. The first-order chi connectivity index (χ1) is 15.0. The van der Waals surface area contributed by atoms with Crippen LogP contribution in [0, 0.1) is 0 Å². The molecular weight excluding hydrogens is 409 g/mol. The van der Waals surface area contributed by atoms with Crippen LogP contribution in [-0.2, 0) is 13.6 Å². The van der Waals surface area contributed by atoms with Crippen molar-refractivity contribution >= 4 is 7.82 Å². The molecule has 186 valence electrons. The van der Waals surface area contributed by atoms with Crippen molar-refractivity contribution in [3.05, 3.63) is 0 Å². The maximum absolute atomic E-state index is 12.1. The highest BCUT2D eigenvalue weighted by atomic mass is 31.2. The van der Waals surface area contributed by atoms with E-state index in [1.165, 1.54) is 103 Å². The van der Waals surface area contributed by atoms with E-state index < -0.39 is 7.82 Å². The average Bonchev–Trinajstić information content (AvgIpc) is 2.95. The van der Waals surface area contributed by atoms with Gasteiger partial charge in [0.05, 0.1) is 26.7 Å². The molecule has 0 aromatic heterocycles. The molecule has 1 aliphatic heterocycles. The van der Waals surface area contributed by atoms with Crippen LogP contribution in [0.1, 0.15) is 122 Å². The zero-order valence-electron chi connectivity index (χ0n) is 20.8. The number of phosphoric ester groups is 1. The summed E-state index contributed by atoms with van der Waals surface area (Å²) in [5, 5.41) is 0. The summed E-state index contributed by atoms with van der Waals surface area (Å²) < 4.78 is 23.4. The molecule has 1 aliphatic rings. The van der Waals surface area contributed by atoms with Crippen molar-refractivity contribution in [2.45, 2.75) is 122 Å². The molecule has 0 amide bonds. The molecule has 1 atom stereocenters. The number of rotatable bonds is 20. The van der Waals surface area contributed by atoms with Crippen molar-refractivity contribution in [3.8, 4) is 0 Å². The number of likely N-dealkylation sites (N-methyl/N-ethyl adjacent to an activating group) is 1. The largest absolute Gasteiger partial charge is 0.472 e. The van der Waals surface area contributed by atoms with E-state index >= 15 is 0 Å². The van der Waals surface area contributed by atoms with Crippen LogP contribution in [0.3, 0.4) is 0 Å². The number of unbranched alkanes of at least 4 members (excludes halogenated alkanes) is 13. The van der Waals surface area contributed by atoms with E-state index in [-0.39, 0.29) is 0 Å². The van der Waals surface area contributed by atoms with Crippen molar-refractivity contribution in [2.24, 2.45) is 0 Å². The Hall–Kier alpha value is 0.0700. The molecule has 0 aromatic rings. The van der Waals surface area contributed by atoms with Gasteiger partial charge in [0, 0.05) is 0 Å². The van der Waals surface area contributed by atoms with Gasteiger partial charge in [0.25, 0.3) is 0 Å². The summed E-state index contributed by atoms with van der Waals surface area (Å²) in [5.41, 5.74) is 0. The minimum absolute atomic E-state index is 0.295. The van der Waals surface area contributed by atoms with Crippen LogP contribution < -0.4 is 0 Å². The Bertz CT molecular complexity index is 453. The first kappa shape index (κ1) is 29.1. The number of quaternary nitrogens is 1. The lowest BCUT2D eigenvalue weighted by Crippen LogP contribution is -2.46. The zero-order chi connectivity index (χ0) is 22.7. The van der Waals surface area contributed by atoms with E-state index in [0.717, 1.165) is 37.0 Å². The minimum Gasteiger partial charge on any atom is -0.324 e. The zero-order valence-corrected chi connectivity index (χ0v) is 21.7. The van der Waals surface area contributed by atoms with Gasteiger partial charge in [0.15, 0.2) is 0 Å². The molecule has 31 heavy (non-hydrogen) atoms. The monoisotopic (exact) mass is 462 g/mol. The molecule has 0 saturated carbocycles. The fraction of sp³-hybridized carbons (Fsp3) is 1.00. The second kappa shape index (κ2) is 18.5. The summed E-state index contributed by atoms with van der Waals surface area (Å²) in [6.07, 6.45) is 23.2. The van der Waals surface area contributed by atoms with Gasteiger partial charge >= 0.3 is 7.82 Å². The lowest BCUT2D eigenvalue weighted by molar-refractivity contribution is -0.908. The Morgan fingerprint density at radius 1 is 0.677 bits per heavy atom. The second-order valence-electron chi connectivity index (χ2n) is 9.94. The highest BCUT2D eigenvalue weighted by molar-refractivity contribution is 7.47. The smallest absolute Gasteiger partial charge is 0.324 e. The maximum Gasteiger partial charge on any atom is 0.472 e. The van der Waals surface area contributed by atoms with Gasteiger partial charge in [0.2, 0.25) is 0 Å². The quantitative estimate of drug-likeness (QED) is 0.115. The summed E-state index contributed by atoms with van der Waals surface area (Å²) in [5.74, 6) is 0. The number of hydrogen-bond acceptors (Lipinski definition) is 3. The van der Waals surface area contributed by atoms with Crippen LogP contribution in [0.15, 0.2) is 0 Å². The van der Waals surface area contributed by atoms with Gasteiger partial charge in [-0.1, -0.05) is 90.4 Å². The molecular formula is C25H53NO4P+. The molecule has 0 aliphatic carbocycles. The van der Waals surface area contributed by atoms with Crippen LogP contribution >= 0.6 is 7.82 Å². The predicted molar refractivity (Wildman–Crippen MR) is 131 cm³/mol. The van der Waals surface area contributed by atoms with Crippen molar-refractivity contribution in [2.75, 3.05) is 39.9 Å². The molecule has 1 rings (SSSR count). The van der Waals surface area contributed by atoms with Gasteiger partial charge in [-0.15, -0.1) is 0 Å². The normalized spacial score (nSPS) is 18.5. The highest BCUT2D eigenvalue weighted by Crippen LogP contribution is 2.43. The number of phosphoric acid groups is 1.